The second kappa shape index (κ2) is 8.98. The number of nitrogens with zero attached hydrogens (tertiary/aromatic N) is 2. The number of aryl methyl sites for hydroxylation is 2. The van der Waals surface area contributed by atoms with E-state index in [9.17, 15) is 13.6 Å². The van der Waals surface area contributed by atoms with Crippen LogP contribution in [-0.2, 0) is 9.84 Å². The molecule has 2 aromatic carbocycles. The van der Waals surface area contributed by atoms with Crippen LogP contribution >= 0.6 is 11.6 Å². The maximum atomic E-state index is 11.8. The third-order valence-electron chi connectivity index (χ3n) is 5.07. The Balaban J connectivity index is 2.08. The van der Waals surface area contributed by atoms with E-state index in [1.807, 2.05) is 50.2 Å². The highest BCUT2D eigenvalue weighted by Crippen LogP contribution is 2.33. The lowest BCUT2D eigenvalue weighted by Gasteiger charge is -2.21. The van der Waals surface area contributed by atoms with Crippen molar-refractivity contribution in [3.05, 3.63) is 93.8 Å². The van der Waals surface area contributed by atoms with Crippen LogP contribution in [0.3, 0.4) is 0 Å². The maximum absolute atomic E-state index is 11.8. The van der Waals surface area contributed by atoms with E-state index >= 15 is 0 Å². The molecule has 0 aliphatic rings. The Morgan fingerprint density at radius 2 is 1.80 bits per heavy atom. The SMILES string of the molecule is Cc1cc(C(C[C@H](c2ccc(S(C)(=O)=O)cc2)c2ccc(Cl)cc2C)=NO)ccn1. The van der Waals surface area contributed by atoms with E-state index in [0.29, 0.717) is 17.2 Å². The minimum atomic E-state index is -3.29. The molecule has 0 fully saturated rings. The Morgan fingerprint density at radius 1 is 1.10 bits per heavy atom. The van der Waals surface area contributed by atoms with Crippen LogP contribution in [0.1, 0.15) is 40.3 Å². The molecule has 1 atom stereocenters. The molecule has 0 saturated carbocycles. The fourth-order valence-electron chi connectivity index (χ4n) is 3.52. The third-order valence-corrected chi connectivity index (χ3v) is 6.43. The Hall–Kier alpha value is -2.70. The highest BCUT2D eigenvalue weighted by Gasteiger charge is 2.21. The first-order chi connectivity index (χ1) is 14.2. The molecule has 0 radical (unpaired) electrons. The smallest absolute Gasteiger partial charge is 0.175 e. The zero-order valence-corrected chi connectivity index (χ0v) is 18.6. The minimum absolute atomic E-state index is 0.157. The van der Waals surface area contributed by atoms with Crippen LogP contribution in [0.15, 0.2) is 70.8 Å². The fourth-order valence-corrected chi connectivity index (χ4v) is 4.38. The summed E-state index contributed by atoms with van der Waals surface area (Å²) in [5.41, 5.74) is 5.08. The molecule has 30 heavy (non-hydrogen) atoms. The molecule has 1 heterocycles. The van der Waals surface area contributed by atoms with Crippen molar-refractivity contribution in [1.29, 1.82) is 0 Å². The fraction of sp³-hybridized carbons (Fsp3) is 0.217. The molecule has 0 spiro atoms. The average molecular weight is 443 g/mol. The first kappa shape index (κ1) is 22.0. The van der Waals surface area contributed by atoms with Crippen LogP contribution in [0.5, 0.6) is 0 Å². The molecule has 0 amide bonds. The van der Waals surface area contributed by atoms with Crippen molar-refractivity contribution in [2.75, 3.05) is 6.26 Å². The number of rotatable bonds is 6. The second-order valence-corrected chi connectivity index (χ2v) is 9.78. The molecule has 0 unspecified atom stereocenters. The molecule has 0 aliphatic heterocycles. The predicted octanol–water partition coefficient (Wildman–Crippen LogP) is 5.16. The number of sulfone groups is 1. The van der Waals surface area contributed by atoms with E-state index < -0.39 is 9.84 Å². The van der Waals surface area contributed by atoms with Crippen LogP contribution in [-0.4, -0.2) is 30.6 Å². The summed E-state index contributed by atoms with van der Waals surface area (Å²) in [4.78, 5) is 4.46. The number of hydrogen-bond acceptors (Lipinski definition) is 5. The molecule has 5 nitrogen and oxygen atoms in total. The first-order valence-electron chi connectivity index (χ1n) is 9.39. The summed E-state index contributed by atoms with van der Waals surface area (Å²) in [7, 11) is -3.29. The van der Waals surface area contributed by atoms with Crippen LogP contribution < -0.4 is 0 Å². The van der Waals surface area contributed by atoms with Gasteiger partial charge in [-0.1, -0.05) is 35.0 Å². The van der Waals surface area contributed by atoms with Gasteiger partial charge < -0.3 is 5.21 Å². The molecule has 3 rings (SSSR count). The lowest BCUT2D eigenvalue weighted by Crippen LogP contribution is -2.12. The summed E-state index contributed by atoms with van der Waals surface area (Å²) in [5, 5.41) is 13.9. The van der Waals surface area contributed by atoms with Crippen molar-refractivity contribution in [2.45, 2.75) is 31.1 Å². The summed E-state index contributed by atoms with van der Waals surface area (Å²) in [5.74, 6) is -0.157. The molecular formula is C23H23ClN2O3S. The Kier molecular flexibility index (Phi) is 6.58. The maximum Gasteiger partial charge on any atom is 0.175 e. The number of benzene rings is 2. The van der Waals surface area contributed by atoms with Gasteiger partial charge in [-0.25, -0.2) is 8.42 Å². The van der Waals surface area contributed by atoms with Gasteiger partial charge in [-0.05, 0) is 66.9 Å². The first-order valence-corrected chi connectivity index (χ1v) is 11.7. The standard InChI is InChI=1S/C23H23ClN2O3S/c1-15-12-19(24)6-9-21(15)22(17-4-7-20(8-5-17)30(3,28)29)14-23(26-27)18-10-11-25-16(2)13-18/h4-13,22,27H,14H2,1-3H3/t22-/m1/s1. The quantitative estimate of drug-likeness (QED) is 0.325. The normalized spacial score (nSPS) is 13.3. The summed E-state index contributed by atoms with van der Waals surface area (Å²) >= 11 is 6.15. The second-order valence-electron chi connectivity index (χ2n) is 7.33. The molecule has 7 heteroatoms. The number of oxime groups is 1. The molecule has 1 N–H and O–H groups in total. The van der Waals surface area contributed by atoms with E-state index in [-0.39, 0.29) is 10.8 Å². The number of aromatic nitrogens is 1. The topological polar surface area (TPSA) is 79.6 Å². The zero-order chi connectivity index (χ0) is 21.9. The van der Waals surface area contributed by atoms with Gasteiger partial charge >= 0.3 is 0 Å². The van der Waals surface area contributed by atoms with Crippen LogP contribution in [0.2, 0.25) is 5.02 Å². The monoisotopic (exact) mass is 442 g/mol. The van der Waals surface area contributed by atoms with E-state index in [1.165, 1.54) is 6.26 Å². The molecule has 156 valence electrons. The molecule has 0 aliphatic carbocycles. The van der Waals surface area contributed by atoms with Crippen LogP contribution in [0.25, 0.3) is 0 Å². The lowest BCUT2D eigenvalue weighted by molar-refractivity contribution is 0.317. The van der Waals surface area contributed by atoms with Crippen LogP contribution in [0.4, 0.5) is 0 Å². The summed E-state index contributed by atoms with van der Waals surface area (Å²) < 4.78 is 23.7. The van der Waals surface area contributed by atoms with Gasteiger partial charge in [-0.3, -0.25) is 4.98 Å². The Bertz CT molecular complexity index is 1190. The molecule has 0 bridgehead atoms. The van der Waals surface area contributed by atoms with Gasteiger partial charge in [0.1, 0.15) is 0 Å². The van der Waals surface area contributed by atoms with Gasteiger partial charge in [0.25, 0.3) is 0 Å². The molecule has 1 aromatic heterocycles. The summed E-state index contributed by atoms with van der Waals surface area (Å²) in [6.45, 7) is 3.86. The number of pyridine rings is 1. The summed E-state index contributed by atoms with van der Waals surface area (Å²) in [6, 6.07) is 16.2. The van der Waals surface area contributed by atoms with Crippen molar-refractivity contribution in [1.82, 2.24) is 4.98 Å². The van der Waals surface area contributed by atoms with Gasteiger partial charge in [0.2, 0.25) is 0 Å². The van der Waals surface area contributed by atoms with Crippen LogP contribution in [0, 0.1) is 13.8 Å². The van der Waals surface area contributed by atoms with Gasteiger partial charge in [-0.2, -0.15) is 0 Å². The summed E-state index contributed by atoms with van der Waals surface area (Å²) in [6.07, 6.45) is 3.28. The molecular weight excluding hydrogens is 420 g/mol. The third kappa shape index (κ3) is 5.07. The van der Waals surface area contributed by atoms with Gasteiger partial charge in [0.05, 0.1) is 10.6 Å². The minimum Gasteiger partial charge on any atom is -0.411 e. The number of halogens is 1. The number of hydrogen-bond donors (Lipinski definition) is 1. The van der Waals surface area contributed by atoms with E-state index in [4.69, 9.17) is 11.6 Å². The zero-order valence-electron chi connectivity index (χ0n) is 17.0. The molecule has 0 saturated heterocycles. The van der Waals surface area contributed by atoms with E-state index in [0.717, 1.165) is 27.9 Å². The van der Waals surface area contributed by atoms with Crippen molar-refractivity contribution in [2.24, 2.45) is 5.16 Å². The van der Waals surface area contributed by atoms with Crippen molar-refractivity contribution in [3.8, 4) is 0 Å². The van der Waals surface area contributed by atoms with Gasteiger partial charge in [-0.15, -0.1) is 0 Å². The highest BCUT2D eigenvalue weighted by atomic mass is 35.5. The molecule has 3 aromatic rings. The van der Waals surface area contributed by atoms with Crippen molar-refractivity contribution < 1.29 is 13.6 Å². The largest absolute Gasteiger partial charge is 0.411 e. The van der Waals surface area contributed by atoms with Crippen molar-refractivity contribution >= 4 is 27.1 Å². The van der Waals surface area contributed by atoms with E-state index in [1.54, 1.807) is 24.4 Å². The lowest BCUT2D eigenvalue weighted by atomic mass is 9.83. The Morgan fingerprint density at radius 3 is 2.37 bits per heavy atom. The predicted molar refractivity (Wildman–Crippen MR) is 119 cm³/mol. The average Bonchev–Trinajstić information content (AvgIpc) is 2.69. The van der Waals surface area contributed by atoms with Crippen molar-refractivity contribution in [3.63, 3.8) is 0 Å². The Labute approximate surface area is 182 Å². The van der Waals surface area contributed by atoms with Gasteiger partial charge in [0, 0.05) is 41.1 Å². The highest BCUT2D eigenvalue weighted by molar-refractivity contribution is 7.90. The van der Waals surface area contributed by atoms with E-state index in [2.05, 4.69) is 10.1 Å². The van der Waals surface area contributed by atoms with Gasteiger partial charge in [0.15, 0.2) is 9.84 Å².